The molecule has 1 heterocycles. The molecule has 0 saturated carbocycles. The number of nitrogens with one attached hydrogen (secondary N) is 1. The van der Waals surface area contributed by atoms with Crippen LogP contribution in [0.1, 0.15) is 21.5 Å². The van der Waals surface area contributed by atoms with Gasteiger partial charge in [0.1, 0.15) is 0 Å². The molecule has 0 saturated heterocycles. The first-order valence-corrected chi connectivity index (χ1v) is 6.34. The van der Waals surface area contributed by atoms with E-state index in [0.29, 0.717) is 0 Å². The van der Waals surface area contributed by atoms with Gasteiger partial charge in [0, 0.05) is 16.5 Å². The van der Waals surface area contributed by atoms with Gasteiger partial charge in [0.25, 0.3) is 0 Å². The van der Waals surface area contributed by atoms with E-state index in [9.17, 15) is 4.79 Å². The highest BCUT2D eigenvalue weighted by Gasteiger charge is 2.14. The Morgan fingerprint density at radius 3 is 2.47 bits per heavy atom. The molecule has 2 heteroatoms. The average Bonchev–Trinajstić information content (AvgIpc) is 2.78. The van der Waals surface area contributed by atoms with Crippen molar-refractivity contribution in [2.75, 3.05) is 0 Å². The number of aryl methyl sites for hydroxylation is 2. The zero-order valence-electron chi connectivity index (χ0n) is 11.0. The van der Waals surface area contributed by atoms with Crippen molar-refractivity contribution in [3.63, 3.8) is 0 Å². The zero-order valence-corrected chi connectivity index (χ0v) is 11.0. The Kier molecular flexibility index (Phi) is 2.71. The molecule has 0 aliphatic carbocycles. The van der Waals surface area contributed by atoms with Crippen LogP contribution in [0.15, 0.2) is 42.5 Å². The topological polar surface area (TPSA) is 32.9 Å². The van der Waals surface area contributed by atoms with Gasteiger partial charge >= 0.3 is 0 Å². The lowest BCUT2D eigenvalue weighted by Crippen LogP contribution is -1.85. The second-order valence-corrected chi connectivity index (χ2v) is 4.90. The number of hydrogen-bond acceptors (Lipinski definition) is 1. The van der Waals surface area contributed by atoms with E-state index in [1.165, 1.54) is 5.56 Å². The normalized spacial score (nSPS) is 10.8. The van der Waals surface area contributed by atoms with Crippen LogP contribution < -0.4 is 0 Å². The van der Waals surface area contributed by atoms with Crippen molar-refractivity contribution in [1.82, 2.24) is 4.98 Å². The molecule has 0 aliphatic heterocycles. The highest BCUT2D eigenvalue weighted by molar-refractivity contribution is 6.05. The van der Waals surface area contributed by atoms with E-state index in [4.69, 9.17) is 0 Å². The summed E-state index contributed by atoms with van der Waals surface area (Å²) >= 11 is 0. The molecule has 1 aromatic heterocycles. The predicted octanol–water partition coefficient (Wildman–Crippen LogP) is 4.26. The van der Waals surface area contributed by atoms with E-state index in [1.54, 1.807) is 0 Å². The molecule has 0 amide bonds. The summed E-state index contributed by atoms with van der Waals surface area (Å²) < 4.78 is 0. The van der Waals surface area contributed by atoms with Crippen LogP contribution in [0.3, 0.4) is 0 Å². The third-order valence-corrected chi connectivity index (χ3v) is 3.46. The van der Waals surface area contributed by atoms with Crippen molar-refractivity contribution in [1.29, 1.82) is 0 Å². The van der Waals surface area contributed by atoms with Gasteiger partial charge in [-0.1, -0.05) is 36.4 Å². The van der Waals surface area contributed by atoms with Gasteiger partial charge in [-0.3, -0.25) is 4.79 Å². The molecule has 0 atom stereocenters. The maximum Gasteiger partial charge on any atom is 0.152 e. The van der Waals surface area contributed by atoms with E-state index < -0.39 is 0 Å². The van der Waals surface area contributed by atoms with Crippen molar-refractivity contribution in [2.45, 2.75) is 13.8 Å². The van der Waals surface area contributed by atoms with Crippen molar-refractivity contribution in [3.05, 3.63) is 59.2 Å². The number of rotatable bonds is 2. The van der Waals surface area contributed by atoms with Crippen molar-refractivity contribution in [3.8, 4) is 11.3 Å². The molecule has 2 aromatic carbocycles. The highest BCUT2D eigenvalue weighted by Crippen LogP contribution is 2.31. The van der Waals surface area contributed by atoms with Crippen LogP contribution in [0, 0.1) is 13.8 Å². The monoisotopic (exact) mass is 249 g/mol. The molecule has 0 radical (unpaired) electrons. The number of H-pyrrole nitrogens is 1. The Labute approximate surface area is 112 Å². The van der Waals surface area contributed by atoms with Gasteiger partial charge in [0.05, 0.1) is 5.69 Å². The van der Waals surface area contributed by atoms with Gasteiger partial charge in [-0.05, 0) is 36.6 Å². The van der Waals surface area contributed by atoms with E-state index in [0.717, 1.165) is 39.6 Å². The first-order chi connectivity index (χ1) is 9.20. The molecule has 1 N–H and O–H groups in total. The summed E-state index contributed by atoms with van der Waals surface area (Å²) in [6.45, 7) is 4.11. The molecule has 0 spiro atoms. The van der Waals surface area contributed by atoms with Gasteiger partial charge in [0.2, 0.25) is 0 Å². The Morgan fingerprint density at radius 2 is 1.79 bits per heavy atom. The van der Waals surface area contributed by atoms with Crippen LogP contribution in [0.5, 0.6) is 0 Å². The molecule has 3 aromatic rings. The summed E-state index contributed by atoms with van der Waals surface area (Å²) in [6.07, 6.45) is 0.948. The van der Waals surface area contributed by atoms with Crippen LogP contribution >= 0.6 is 0 Å². The lowest BCUT2D eigenvalue weighted by molar-refractivity contribution is 0.112. The largest absolute Gasteiger partial charge is 0.354 e. The van der Waals surface area contributed by atoms with Gasteiger partial charge in [-0.2, -0.15) is 0 Å². The number of carbonyl (C=O) groups is 1. The second-order valence-electron chi connectivity index (χ2n) is 4.90. The minimum atomic E-state index is 0.749. The first kappa shape index (κ1) is 11.7. The molecular formula is C17H15NO. The molecule has 0 bridgehead atoms. The minimum absolute atomic E-state index is 0.749. The molecule has 3 rings (SSSR count). The number of fused-ring (bicyclic) bond motifs is 1. The zero-order chi connectivity index (χ0) is 13.4. The molecule has 94 valence electrons. The van der Waals surface area contributed by atoms with Crippen molar-refractivity contribution >= 4 is 17.2 Å². The van der Waals surface area contributed by atoms with Gasteiger partial charge in [-0.15, -0.1) is 0 Å². The Balaban J connectivity index is 2.38. The predicted molar refractivity (Wildman–Crippen MR) is 78.6 cm³/mol. The van der Waals surface area contributed by atoms with Crippen LogP contribution in [0.4, 0.5) is 0 Å². The van der Waals surface area contributed by atoms with Gasteiger partial charge in [0.15, 0.2) is 6.29 Å². The first-order valence-electron chi connectivity index (χ1n) is 6.34. The lowest BCUT2D eigenvalue weighted by Gasteiger charge is -2.00. The SMILES string of the molecule is Cc1cc(C)c2c(C=O)c(-c3ccccc3)[nH]c2c1. The molecule has 2 nitrogen and oxygen atoms in total. The molecule has 0 unspecified atom stereocenters. The van der Waals surface area contributed by atoms with Crippen molar-refractivity contribution < 1.29 is 4.79 Å². The maximum absolute atomic E-state index is 11.5. The summed E-state index contributed by atoms with van der Waals surface area (Å²) in [5.74, 6) is 0. The molecular weight excluding hydrogens is 234 g/mol. The number of aldehydes is 1. The number of carbonyl (C=O) groups excluding carboxylic acids is 1. The summed E-state index contributed by atoms with van der Waals surface area (Å²) in [5.41, 5.74) is 6.05. The number of hydrogen-bond donors (Lipinski definition) is 1. The summed E-state index contributed by atoms with van der Waals surface area (Å²) in [7, 11) is 0. The van der Waals surface area contributed by atoms with Crippen LogP contribution in [0.2, 0.25) is 0 Å². The number of aromatic amines is 1. The fourth-order valence-corrected chi connectivity index (χ4v) is 2.70. The highest BCUT2D eigenvalue weighted by atomic mass is 16.1. The number of aromatic nitrogens is 1. The third-order valence-electron chi connectivity index (χ3n) is 3.46. The van der Waals surface area contributed by atoms with Crippen molar-refractivity contribution in [2.24, 2.45) is 0 Å². The van der Waals surface area contributed by atoms with Gasteiger partial charge in [-0.25, -0.2) is 0 Å². The van der Waals surface area contributed by atoms with Crippen LogP contribution in [0.25, 0.3) is 22.2 Å². The third kappa shape index (κ3) is 1.85. The Morgan fingerprint density at radius 1 is 1.05 bits per heavy atom. The Bertz CT molecular complexity index is 754. The maximum atomic E-state index is 11.5. The fourth-order valence-electron chi connectivity index (χ4n) is 2.70. The minimum Gasteiger partial charge on any atom is -0.354 e. The average molecular weight is 249 g/mol. The van der Waals surface area contributed by atoms with E-state index in [-0.39, 0.29) is 0 Å². The van der Waals surface area contributed by atoms with E-state index in [2.05, 4.69) is 24.0 Å². The molecule has 0 fully saturated rings. The second kappa shape index (κ2) is 4.39. The van der Waals surface area contributed by atoms with Crippen LogP contribution in [-0.4, -0.2) is 11.3 Å². The standard InChI is InChI=1S/C17H15NO/c1-11-8-12(2)16-14(10-19)17(18-15(16)9-11)13-6-4-3-5-7-13/h3-10,18H,1-2H3. The quantitative estimate of drug-likeness (QED) is 0.676. The lowest BCUT2D eigenvalue weighted by atomic mass is 10.0. The van der Waals surface area contributed by atoms with Crippen LogP contribution in [-0.2, 0) is 0 Å². The summed E-state index contributed by atoms with van der Waals surface area (Å²) in [6, 6.07) is 14.2. The molecule has 0 aliphatic rings. The molecule has 19 heavy (non-hydrogen) atoms. The van der Waals surface area contributed by atoms with E-state index in [1.807, 2.05) is 37.3 Å². The van der Waals surface area contributed by atoms with Gasteiger partial charge < -0.3 is 4.98 Å². The summed E-state index contributed by atoms with van der Waals surface area (Å²) in [5, 5.41) is 1.03. The smallest absolute Gasteiger partial charge is 0.152 e. The summed E-state index contributed by atoms with van der Waals surface area (Å²) in [4.78, 5) is 14.9. The van der Waals surface area contributed by atoms with E-state index >= 15 is 0 Å². The Hall–Kier alpha value is -2.35. The fraction of sp³-hybridized carbons (Fsp3) is 0.118. The number of benzene rings is 2.